The maximum Gasteiger partial charge on any atom is 0.107 e. The van der Waals surface area contributed by atoms with E-state index in [1.807, 2.05) is 6.20 Å². The van der Waals surface area contributed by atoms with Gasteiger partial charge in [0.2, 0.25) is 0 Å². The quantitative estimate of drug-likeness (QED) is 0.738. The molecule has 2 rings (SSSR count). The summed E-state index contributed by atoms with van der Waals surface area (Å²) >= 11 is 1.77. The van der Waals surface area contributed by atoms with Gasteiger partial charge in [-0.2, -0.15) is 0 Å². The van der Waals surface area contributed by atoms with Crippen molar-refractivity contribution in [2.75, 3.05) is 13.1 Å². The third-order valence-electron chi connectivity index (χ3n) is 2.79. The van der Waals surface area contributed by atoms with Gasteiger partial charge in [0.05, 0.1) is 6.54 Å². The molecule has 2 nitrogen and oxygen atoms in total. The smallest absolute Gasteiger partial charge is 0.107 e. The third kappa shape index (κ3) is 2.29. The first kappa shape index (κ1) is 9.16. The summed E-state index contributed by atoms with van der Waals surface area (Å²) in [4.78, 5) is 6.83. The van der Waals surface area contributed by atoms with Gasteiger partial charge in [0, 0.05) is 18.1 Å². The molecule has 1 fully saturated rings. The molecule has 1 aromatic rings. The van der Waals surface area contributed by atoms with Gasteiger partial charge < -0.3 is 0 Å². The van der Waals surface area contributed by atoms with Crippen LogP contribution in [-0.4, -0.2) is 23.0 Å². The SMILES string of the molecule is CCC1CCN(Cc2nccs2)C1. The molecule has 1 unspecified atom stereocenters. The van der Waals surface area contributed by atoms with E-state index >= 15 is 0 Å². The average Bonchev–Trinajstić information content (AvgIpc) is 2.76. The fourth-order valence-electron chi connectivity index (χ4n) is 1.91. The molecule has 3 heteroatoms. The summed E-state index contributed by atoms with van der Waals surface area (Å²) in [6.07, 6.45) is 4.60. The van der Waals surface area contributed by atoms with Crippen LogP contribution in [0.2, 0.25) is 0 Å². The number of thiazole rings is 1. The predicted molar refractivity (Wildman–Crippen MR) is 55.8 cm³/mol. The second-order valence-electron chi connectivity index (χ2n) is 3.72. The van der Waals surface area contributed by atoms with E-state index in [1.165, 1.54) is 30.9 Å². The van der Waals surface area contributed by atoms with E-state index in [4.69, 9.17) is 0 Å². The Hall–Kier alpha value is -0.410. The molecule has 72 valence electrons. The number of aromatic nitrogens is 1. The lowest BCUT2D eigenvalue weighted by atomic mass is 10.1. The van der Waals surface area contributed by atoms with Crippen LogP contribution >= 0.6 is 11.3 Å². The Morgan fingerprint density at radius 3 is 3.23 bits per heavy atom. The Balaban J connectivity index is 1.84. The standard InChI is InChI=1S/C10H16N2S/c1-2-9-3-5-12(7-9)8-10-11-4-6-13-10/h4,6,9H,2-3,5,7-8H2,1H3. The minimum absolute atomic E-state index is 0.931. The molecule has 1 atom stereocenters. The molecule has 1 saturated heterocycles. The highest BCUT2D eigenvalue weighted by Gasteiger charge is 2.21. The number of rotatable bonds is 3. The van der Waals surface area contributed by atoms with Crippen LogP contribution in [0, 0.1) is 5.92 Å². The van der Waals surface area contributed by atoms with Crippen molar-refractivity contribution in [1.82, 2.24) is 9.88 Å². The normalized spacial score (nSPS) is 23.9. The lowest BCUT2D eigenvalue weighted by Gasteiger charge is -2.13. The van der Waals surface area contributed by atoms with E-state index in [2.05, 4.69) is 22.2 Å². The van der Waals surface area contributed by atoms with E-state index in [0.29, 0.717) is 0 Å². The molecule has 2 heterocycles. The van der Waals surface area contributed by atoms with Gasteiger partial charge in [-0.05, 0) is 18.9 Å². The van der Waals surface area contributed by atoms with Crippen LogP contribution in [0.5, 0.6) is 0 Å². The zero-order valence-electron chi connectivity index (χ0n) is 8.07. The summed E-state index contributed by atoms with van der Waals surface area (Å²) in [7, 11) is 0. The van der Waals surface area contributed by atoms with E-state index in [9.17, 15) is 0 Å². The predicted octanol–water partition coefficient (Wildman–Crippen LogP) is 2.38. The second kappa shape index (κ2) is 4.20. The first-order valence-corrected chi connectivity index (χ1v) is 5.87. The van der Waals surface area contributed by atoms with Crippen molar-refractivity contribution in [3.63, 3.8) is 0 Å². The average molecular weight is 196 g/mol. The lowest BCUT2D eigenvalue weighted by Crippen LogP contribution is -2.19. The Kier molecular flexibility index (Phi) is 2.96. The Bertz CT molecular complexity index is 245. The number of nitrogens with zero attached hydrogens (tertiary/aromatic N) is 2. The molecule has 0 radical (unpaired) electrons. The van der Waals surface area contributed by atoms with Crippen LogP contribution in [0.15, 0.2) is 11.6 Å². The van der Waals surface area contributed by atoms with Crippen LogP contribution in [0.3, 0.4) is 0 Å². The minimum atomic E-state index is 0.931. The summed E-state index contributed by atoms with van der Waals surface area (Å²) in [6, 6.07) is 0. The van der Waals surface area contributed by atoms with E-state index in [-0.39, 0.29) is 0 Å². The van der Waals surface area contributed by atoms with Crippen molar-refractivity contribution in [1.29, 1.82) is 0 Å². The highest BCUT2D eigenvalue weighted by atomic mass is 32.1. The largest absolute Gasteiger partial charge is 0.296 e. The first-order valence-electron chi connectivity index (χ1n) is 4.99. The second-order valence-corrected chi connectivity index (χ2v) is 4.70. The van der Waals surface area contributed by atoms with Crippen molar-refractivity contribution in [2.45, 2.75) is 26.3 Å². The summed E-state index contributed by atoms with van der Waals surface area (Å²) in [5.74, 6) is 0.931. The molecule has 0 amide bonds. The maximum absolute atomic E-state index is 4.31. The van der Waals surface area contributed by atoms with E-state index in [1.54, 1.807) is 11.3 Å². The van der Waals surface area contributed by atoms with Crippen LogP contribution in [-0.2, 0) is 6.54 Å². The maximum atomic E-state index is 4.31. The van der Waals surface area contributed by atoms with Crippen LogP contribution in [0.4, 0.5) is 0 Å². The van der Waals surface area contributed by atoms with Crippen molar-refractivity contribution < 1.29 is 0 Å². The Morgan fingerprint density at radius 2 is 2.62 bits per heavy atom. The van der Waals surface area contributed by atoms with Gasteiger partial charge in [-0.25, -0.2) is 4.98 Å². The molecule has 0 bridgehead atoms. The van der Waals surface area contributed by atoms with E-state index < -0.39 is 0 Å². The molecule has 13 heavy (non-hydrogen) atoms. The van der Waals surface area contributed by atoms with Gasteiger partial charge in [-0.3, -0.25) is 4.90 Å². The summed E-state index contributed by atoms with van der Waals surface area (Å²) in [6.45, 7) is 5.89. The highest BCUT2D eigenvalue weighted by Crippen LogP contribution is 2.21. The van der Waals surface area contributed by atoms with Gasteiger partial charge in [0.25, 0.3) is 0 Å². The summed E-state index contributed by atoms with van der Waals surface area (Å²) < 4.78 is 0. The van der Waals surface area contributed by atoms with Crippen molar-refractivity contribution in [3.8, 4) is 0 Å². The monoisotopic (exact) mass is 196 g/mol. The Morgan fingerprint density at radius 1 is 1.69 bits per heavy atom. The molecule has 0 N–H and O–H groups in total. The number of likely N-dealkylation sites (tertiary alicyclic amines) is 1. The molecule has 0 aromatic carbocycles. The summed E-state index contributed by atoms with van der Waals surface area (Å²) in [5.41, 5.74) is 0. The molecule has 0 saturated carbocycles. The van der Waals surface area contributed by atoms with Gasteiger partial charge in [-0.15, -0.1) is 11.3 Å². The van der Waals surface area contributed by atoms with Crippen molar-refractivity contribution in [3.05, 3.63) is 16.6 Å². The van der Waals surface area contributed by atoms with Crippen molar-refractivity contribution in [2.24, 2.45) is 5.92 Å². The fourth-order valence-corrected chi connectivity index (χ4v) is 2.57. The molecule has 0 spiro atoms. The van der Waals surface area contributed by atoms with Crippen LogP contribution in [0.25, 0.3) is 0 Å². The number of hydrogen-bond acceptors (Lipinski definition) is 3. The zero-order chi connectivity index (χ0) is 9.10. The zero-order valence-corrected chi connectivity index (χ0v) is 8.89. The molecule has 1 aromatic heterocycles. The minimum Gasteiger partial charge on any atom is -0.296 e. The topological polar surface area (TPSA) is 16.1 Å². The van der Waals surface area contributed by atoms with Crippen LogP contribution < -0.4 is 0 Å². The van der Waals surface area contributed by atoms with Gasteiger partial charge >= 0.3 is 0 Å². The first-order chi connectivity index (χ1) is 6.38. The number of hydrogen-bond donors (Lipinski definition) is 0. The molecular formula is C10H16N2S. The van der Waals surface area contributed by atoms with Gasteiger partial charge in [0.1, 0.15) is 5.01 Å². The molecular weight excluding hydrogens is 180 g/mol. The van der Waals surface area contributed by atoms with Gasteiger partial charge in [-0.1, -0.05) is 13.3 Å². The molecule has 1 aliphatic rings. The van der Waals surface area contributed by atoms with Crippen molar-refractivity contribution >= 4 is 11.3 Å². The molecule has 1 aliphatic heterocycles. The van der Waals surface area contributed by atoms with Crippen LogP contribution in [0.1, 0.15) is 24.8 Å². The highest BCUT2D eigenvalue weighted by molar-refractivity contribution is 7.09. The van der Waals surface area contributed by atoms with E-state index in [0.717, 1.165) is 12.5 Å². The third-order valence-corrected chi connectivity index (χ3v) is 3.55. The summed E-state index contributed by atoms with van der Waals surface area (Å²) in [5, 5.41) is 3.32. The van der Waals surface area contributed by atoms with Gasteiger partial charge in [0.15, 0.2) is 0 Å². The Labute approximate surface area is 83.6 Å². The molecule has 0 aliphatic carbocycles. The lowest BCUT2D eigenvalue weighted by molar-refractivity contribution is 0.314. The fraction of sp³-hybridized carbons (Fsp3) is 0.700.